The molecule has 3 nitrogen and oxygen atoms in total. The molecule has 0 spiro atoms. The molecule has 0 atom stereocenters. The molecule has 2 aromatic rings. The minimum Gasteiger partial charge on any atom is -0.471 e. The molecule has 0 unspecified atom stereocenters. The van der Waals surface area contributed by atoms with Gasteiger partial charge in [0.05, 0.1) is 13.2 Å². The van der Waals surface area contributed by atoms with Crippen LogP contribution in [0, 0.1) is 13.5 Å². The fraction of sp³-hybridized carbons (Fsp3) is 0.538. The lowest BCUT2D eigenvalue weighted by Gasteiger charge is -2.10. The molecule has 0 saturated carbocycles. The molecule has 168 valence electrons. The van der Waals surface area contributed by atoms with Crippen LogP contribution in [0.2, 0.25) is 0 Å². The zero-order chi connectivity index (χ0) is 22.5. The third-order valence-electron chi connectivity index (χ3n) is 5.24. The lowest BCUT2D eigenvalue weighted by Crippen LogP contribution is -2.09. The van der Waals surface area contributed by atoms with Crippen molar-refractivity contribution in [2.45, 2.75) is 85.0 Å². The highest BCUT2D eigenvalue weighted by atomic mass is 32.1. The van der Waals surface area contributed by atoms with Crippen LogP contribution in [0.3, 0.4) is 0 Å². The summed E-state index contributed by atoms with van der Waals surface area (Å²) in [6, 6.07) is 8.43. The molecule has 0 aliphatic heterocycles. The van der Waals surface area contributed by atoms with Crippen LogP contribution in [0.5, 0.6) is 0 Å². The standard InChI is InChI=1S/C26H35NO2S2/c1-5-7-9-10-11-13-19-29-26(28)25(27-4)21(14-12-8-6-2)22-17-18-24(31-22)23-16-15-20(3)30-23/h15-18H,5-14,19H2,1-3H3/b25-21-. The fourth-order valence-electron chi connectivity index (χ4n) is 3.46. The third-order valence-corrected chi connectivity index (χ3v) is 7.58. The Bertz CT molecular complexity index is 885. The van der Waals surface area contributed by atoms with Gasteiger partial charge in [-0.1, -0.05) is 65.2 Å². The summed E-state index contributed by atoms with van der Waals surface area (Å²) in [6.07, 6.45) is 10.8. The molecule has 0 N–H and O–H groups in total. The van der Waals surface area contributed by atoms with Crippen molar-refractivity contribution in [2.75, 3.05) is 6.61 Å². The van der Waals surface area contributed by atoms with Gasteiger partial charge in [-0.3, -0.25) is 4.79 Å². The van der Waals surface area contributed by atoms with Crippen LogP contribution in [-0.2, 0) is 9.53 Å². The number of hydrogen-bond acceptors (Lipinski definition) is 4. The van der Waals surface area contributed by atoms with E-state index < -0.39 is 5.97 Å². The second-order valence-electron chi connectivity index (χ2n) is 7.87. The highest BCUT2D eigenvalue weighted by Gasteiger charge is 2.20. The molecule has 31 heavy (non-hydrogen) atoms. The van der Waals surface area contributed by atoms with Gasteiger partial charge in [-0.2, -0.15) is 0 Å². The fourth-order valence-corrected chi connectivity index (χ4v) is 5.50. The highest BCUT2D eigenvalue weighted by molar-refractivity contribution is 7.22. The van der Waals surface area contributed by atoms with Crippen LogP contribution in [0.4, 0.5) is 0 Å². The zero-order valence-electron chi connectivity index (χ0n) is 19.2. The van der Waals surface area contributed by atoms with E-state index in [0.717, 1.165) is 49.0 Å². The molecule has 2 rings (SSSR count). The maximum Gasteiger partial charge on any atom is 0.336 e. The summed E-state index contributed by atoms with van der Waals surface area (Å²) in [5.41, 5.74) is 1.01. The van der Waals surface area contributed by atoms with Gasteiger partial charge in [0.2, 0.25) is 0 Å². The maximum atomic E-state index is 12.7. The average molecular weight is 458 g/mol. The quantitative estimate of drug-likeness (QED) is 0.123. The van der Waals surface area contributed by atoms with Gasteiger partial charge >= 0.3 is 5.97 Å². The Kier molecular flexibility index (Phi) is 11.6. The first-order valence-electron chi connectivity index (χ1n) is 11.5. The lowest BCUT2D eigenvalue weighted by atomic mass is 10.0. The Morgan fingerprint density at radius 3 is 2.23 bits per heavy atom. The van der Waals surface area contributed by atoms with Gasteiger partial charge in [-0.25, -0.2) is 4.85 Å². The number of esters is 1. The minimum atomic E-state index is -0.461. The first kappa shape index (κ1) is 25.4. The molecule has 0 amide bonds. The summed E-state index contributed by atoms with van der Waals surface area (Å²) in [7, 11) is 0. The van der Waals surface area contributed by atoms with Crippen LogP contribution in [0.25, 0.3) is 20.2 Å². The minimum absolute atomic E-state index is 0.165. The van der Waals surface area contributed by atoms with Crippen LogP contribution >= 0.6 is 22.7 Å². The van der Waals surface area contributed by atoms with Crippen molar-refractivity contribution < 1.29 is 9.53 Å². The molecule has 0 aliphatic rings. The topological polar surface area (TPSA) is 30.7 Å². The van der Waals surface area contributed by atoms with E-state index in [0.29, 0.717) is 6.61 Å². The van der Waals surface area contributed by atoms with Crippen molar-refractivity contribution in [2.24, 2.45) is 0 Å². The predicted molar refractivity (Wildman–Crippen MR) is 134 cm³/mol. The molecule has 0 radical (unpaired) electrons. The van der Waals surface area contributed by atoms with E-state index in [9.17, 15) is 4.79 Å². The van der Waals surface area contributed by atoms with Crippen LogP contribution in [-0.4, -0.2) is 12.6 Å². The van der Waals surface area contributed by atoms with Crippen molar-refractivity contribution in [1.29, 1.82) is 0 Å². The van der Waals surface area contributed by atoms with E-state index in [1.807, 2.05) is 0 Å². The lowest BCUT2D eigenvalue weighted by molar-refractivity contribution is -0.138. The van der Waals surface area contributed by atoms with Crippen molar-refractivity contribution in [1.82, 2.24) is 0 Å². The number of aryl methyl sites for hydroxylation is 1. The van der Waals surface area contributed by atoms with E-state index in [1.54, 1.807) is 22.7 Å². The molecule has 2 heterocycles. The van der Waals surface area contributed by atoms with Crippen molar-refractivity contribution >= 4 is 34.2 Å². The van der Waals surface area contributed by atoms with Gasteiger partial charge < -0.3 is 4.74 Å². The van der Waals surface area contributed by atoms with Gasteiger partial charge in [0.1, 0.15) is 0 Å². The SMILES string of the molecule is [C-]#[N+]/C(C(=O)OCCCCCCCC)=C(/CCCCC)c1ccc(-c2ccc(C)s2)s1. The van der Waals surface area contributed by atoms with E-state index in [-0.39, 0.29) is 5.70 Å². The monoisotopic (exact) mass is 457 g/mol. The predicted octanol–water partition coefficient (Wildman–Crippen LogP) is 8.90. The molecule has 0 aromatic carbocycles. The number of thiophene rings is 2. The molecular weight excluding hydrogens is 422 g/mol. The van der Waals surface area contributed by atoms with Crippen molar-refractivity contribution in [3.63, 3.8) is 0 Å². The van der Waals surface area contributed by atoms with Gasteiger partial charge in [-0.05, 0) is 49.6 Å². The molecule has 0 saturated heterocycles. The van der Waals surface area contributed by atoms with Crippen molar-refractivity contribution in [3.05, 3.63) is 51.1 Å². The molecule has 0 bridgehead atoms. The Morgan fingerprint density at radius 2 is 1.55 bits per heavy atom. The summed E-state index contributed by atoms with van der Waals surface area (Å²) in [4.78, 5) is 21.1. The Morgan fingerprint density at radius 1 is 0.903 bits per heavy atom. The first-order chi connectivity index (χ1) is 15.1. The van der Waals surface area contributed by atoms with Gasteiger partial charge in [0.15, 0.2) is 0 Å². The second kappa shape index (κ2) is 14.2. The number of carbonyl (C=O) groups excluding carboxylic acids is 1. The number of ether oxygens (including phenoxy) is 1. The molecule has 5 heteroatoms. The number of rotatable bonds is 14. The van der Waals surface area contributed by atoms with Crippen LogP contribution in [0.15, 0.2) is 30.0 Å². The largest absolute Gasteiger partial charge is 0.471 e. The molecule has 2 aromatic heterocycles. The molecule has 0 fully saturated rings. The summed E-state index contributed by atoms with van der Waals surface area (Å²) < 4.78 is 5.50. The smallest absolute Gasteiger partial charge is 0.336 e. The van der Waals surface area contributed by atoms with Crippen LogP contribution < -0.4 is 0 Å². The number of carbonyl (C=O) groups is 1. The summed E-state index contributed by atoms with van der Waals surface area (Å²) in [5.74, 6) is -0.461. The van der Waals surface area contributed by atoms with E-state index in [4.69, 9.17) is 11.3 Å². The second-order valence-corrected chi connectivity index (χ2v) is 10.2. The summed E-state index contributed by atoms with van der Waals surface area (Å²) in [5, 5.41) is 0. The van der Waals surface area contributed by atoms with E-state index >= 15 is 0 Å². The summed E-state index contributed by atoms with van der Waals surface area (Å²) >= 11 is 3.44. The summed E-state index contributed by atoms with van der Waals surface area (Å²) in [6.45, 7) is 14.6. The molecular formula is C26H35NO2S2. The third kappa shape index (κ3) is 8.27. The van der Waals surface area contributed by atoms with Gasteiger partial charge in [0.25, 0.3) is 5.70 Å². The number of hydrogen-bond donors (Lipinski definition) is 0. The zero-order valence-corrected chi connectivity index (χ0v) is 20.8. The normalized spacial score (nSPS) is 11.8. The average Bonchev–Trinajstić information content (AvgIpc) is 3.41. The Hall–Kier alpha value is -1.90. The number of nitrogens with zero attached hydrogens (tertiary/aromatic N) is 1. The van der Waals surface area contributed by atoms with E-state index in [1.165, 1.54) is 40.3 Å². The van der Waals surface area contributed by atoms with Gasteiger partial charge in [-0.15, -0.1) is 22.7 Å². The highest BCUT2D eigenvalue weighted by Crippen LogP contribution is 2.38. The molecule has 0 aliphatic carbocycles. The maximum absolute atomic E-state index is 12.7. The number of unbranched alkanes of at least 4 members (excludes halogenated alkanes) is 7. The number of allylic oxidation sites excluding steroid dienone is 1. The Labute approximate surface area is 196 Å². The van der Waals surface area contributed by atoms with Crippen molar-refractivity contribution in [3.8, 4) is 9.75 Å². The van der Waals surface area contributed by atoms with Gasteiger partial charge in [0, 0.05) is 19.5 Å². The van der Waals surface area contributed by atoms with E-state index in [2.05, 4.69) is 49.9 Å². The van der Waals surface area contributed by atoms with Crippen LogP contribution in [0.1, 0.15) is 87.8 Å². The Balaban J connectivity index is 2.12. The first-order valence-corrected chi connectivity index (χ1v) is 13.2.